The molecule has 1 amide bonds. The first-order chi connectivity index (χ1) is 8.69. The molecule has 0 spiro atoms. The molecular weight excluding hydrogens is 298 g/mol. The molecule has 0 saturated carbocycles. The Kier molecular flexibility index (Phi) is 7.05. The van der Waals surface area contributed by atoms with Crippen LogP contribution in [0.25, 0.3) is 0 Å². The second kappa shape index (κ2) is 8.32. The van der Waals surface area contributed by atoms with E-state index < -0.39 is 0 Å². The molecule has 102 valence electrons. The van der Waals surface area contributed by atoms with Crippen LogP contribution in [0.3, 0.4) is 0 Å². The number of methoxy groups -OCH3 is 1. The van der Waals surface area contributed by atoms with Crippen molar-refractivity contribution in [3.8, 4) is 0 Å². The van der Waals surface area contributed by atoms with Crippen LogP contribution in [-0.4, -0.2) is 35.9 Å². The van der Waals surface area contributed by atoms with E-state index in [2.05, 4.69) is 15.9 Å². The molecular formula is C13H20BrNO3. The number of rotatable bonds is 8. The van der Waals surface area contributed by atoms with Gasteiger partial charge in [-0.15, -0.1) is 0 Å². The van der Waals surface area contributed by atoms with E-state index >= 15 is 0 Å². The third-order valence-electron chi connectivity index (χ3n) is 2.64. The number of alkyl halides is 1. The van der Waals surface area contributed by atoms with Crippen LogP contribution in [0.5, 0.6) is 0 Å². The maximum absolute atomic E-state index is 12.2. The molecule has 4 nitrogen and oxygen atoms in total. The van der Waals surface area contributed by atoms with Crippen molar-refractivity contribution in [2.24, 2.45) is 0 Å². The number of amides is 1. The average molecular weight is 318 g/mol. The second-order valence-electron chi connectivity index (χ2n) is 4.06. The molecule has 1 atom stereocenters. The summed E-state index contributed by atoms with van der Waals surface area (Å²) >= 11 is 3.40. The van der Waals surface area contributed by atoms with Crippen LogP contribution in [0, 0.1) is 0 Å². The standard InChI is InChI=1S/C13H20BrNO3/c1-3-12(14)13(16)15(7-5-8-17-2)10-11-6-4-9-18-11/h4,6,9,12H,3,5,7-8,10H2,1-2H3/t12-/m0/s1. The Morgan fingerprint density at radius 3 is 2.94 bits per heavy atom. The van der Waals surface area contributed by atoms with Gasteiger partial charge < -0.3 is 14.1 Å². The molecule has 0 aromatic carbocycles. The van der Waals surface area contributed by atoms with Crippen LogP contribution in [0.1, 0.15) is 25.5 Å². The Morgan fingerprint density at radius 2 is 2.39 bits per heavy atom. The molecule has 0 N–H and O–H groups in total. The highest BCUT2D eigenvalue weighted by atomic mass is 79.9. The SMILES string of the molecule is CC[C@H](Br)C(=O)N(CCCOC)Cc1ccco1. The van der Waals surface area contributed by atoms with E-state index in [1.54, 1.807) is 18.3 Å². The van der Waals surface area contributed by atoms with Gasteiger partial charge in [0.1, 0.15) is 5.76 Å². The summed E-state index contributed by atoms with van der Waals surface area (Å²) in [6.45, 7) is 3.83. The summed E-state index contributed by atoms with van der Waals surface area (Å²) in [7, 11) is 1.66. The van der Waals surface area contributed by atoms with Crippen LogP contribution in [0.15, 0.2) is 22.8 Å². The van der Waals surface area contributed by atoms with Crippen molar-refractivity contribution in [1.82, 2.24) is 4.90 Å². The summed E-state index contributed by atoms with van der Waals surface area (Å²) in [6.07, 6.45) is 3.22. The van der Waals surface area contributed by atoms with E-state index in [4.69, 9.17) is 9.15 Å². The number of hydrogen-bond donors (Lipinski definition) is 0. The zero-order valence-corrected chi connectivity index (χ0v) is 12.5. The van der Waals surface area contributed by atoms with Gasteiger partial charge in [-0.25, -0.2) is 0 Å². The topological polar surface area (TPSA) is 42.7 Å². The van der Waals surface area contributed by atoms with Gasteiger partial charge in [0.2, 0.25) is 5.91 Å². The van der Waals surface area contributed by atoms with Gasteiger partial charge in [0.15, 0.2) is 0 Å². The van der Waals surface area contributed by atoms with Gasteiger partial charge in [-0.2, -0.15) is 0 Å². The molecule has 0 aliphatic carbocycles. The van der Waals surface area contributed by atoms with Crippen LogP contribution in [-0.2, 0) is 16.1 Å². The molecule has 0 unspecified atom stereocenters. The lowest BCUT2D eigenvalue weighted by molar-refractivity contribution is -0.131. The van der Waals surface area contributed by atoms with E-state index in [1.807, 2.05) is 19.1 Å². The van der Waals surface area contributed by atoms with Gasteiger partial charge in [-0.1, -0.05) is 22.9 Å². The van der Waals surface area contributed by atoms with E-state index in [1.165, 1.54) is 0 Å². The summed E-state index contributed by atoms with van der Waals surface area (Å²) in [5, 5.41) is 0. The molecule has 1 aromatic heterocycles. The van der Waals surface area contributed by atoms with Gasteiger partial charge in [-0.05, 0) is 25.0 Å². The normalized spacial score (nSPS) is 12.4. The van der Waals surface area contributed by atoms with Crippen LogP contribution in [0.2, 0.25) is 0 Å². The lowest BCUT2D eigenvalue weighted by atomic mass is 10.2. The number of halogens is 1. The number of furan rings is 1. The second-order valence-corrected chi connectivity index (χ2v) is 5.17. The Labute approximate surface area is 116 Å². The maximum atomic E-state index is 12.2. The largest absolute Gasteiger partial charge is 0.467 e. The zero-order chi connectivity index (χ0) is 13.4. The fraction of sp³-hybridized carbons (Fsp3) is 0.615. The minimum atomic E-state index is -0.130. The van der Waals surface area contributed by atoms with Crippen LogP contribution in [0.4, 0.5) is 0 Å². The highest BCUT2D eigenvalue weighted by Crippen LogP contribution is 2.13. The molecule has 5 heteroatoms. The number of ether oxygens (including phenoxy) is 1. The summed E-state index contributed by atoms with van der Waals surface area (Å²) in [6, 6.07) is 3.71. The molecule has 0 aliphatic heterocycles. The predicted molar refractivity (Wildman–Crippen MR) is 73.6 cm³/mol. The van der Waals surface area contributed by atoms with Crippen LogP contribution >= 0.6 is 15.9 Å². The lowest BCUT2D eigenvalue weighted by Crippen LogP contribution is -2.37. The Hall–Kier alpha value is -0.810. The smallest absolute Gasteiger partial charge is 0.236 e. The Bertz CT molecular complexity index is 340. The minimum Gasteiger partial charge on any atom is -0.467 e. The maximum Gasteiger partial charge on any atom is 0.236 e. The first-order valence-electron chi connectivity index (χ1n) is 6.13. The van der Waals surface area contributed by atoms with E-state index in [0.29, 0.717) is 19.7 Å². The van der Waals surface area contributed by atoms with E-state index in [0.717, 1.165) is 18.6 Å². The van der Waals surface area contributed by atoms with Crippen molar-refractivity contribution in [2.45, 2.75) is 31.1 Å². The summed E-state index contributed by atoms with van der Waals surface area (Å²) in [5.74, 6) is 0.904. The number of carbonyl (C=O) groups excluding carboxylic acids is 1. The third kappa shape index (κ3) is 4.82. The van der Waals surface area contributed by atoms with Crippen molar-refractivity contribution in [3.05, 3.63) is 24.2 Å². The molecule has 0 bridgehead atoms. The van der Waals surface area contributed by atoms with Crippen molar-refractivity contribution in [1.29, 1.82) is 0 Å². The molecule has 1 heterocycles. The van der Waals surface area contributed by atoms with Crippen LogP contribution < -0.4 is 0 Å². The minimum absolute atomic E-state index is 0.102. The van der Waals surface area contributed by atoms with Crippen molar-refractivity contribution >= 4 is 21.8 Å². The van der Waals surface area contributed by atoms with Crippen molar-refractivity contribution in [2.75, 3.05) is 20.3 Å². The molecule has 0 saturated heterocycles. The third-order valence-corrected chi connectivity index (χ3v) is 3.68. The van der Waals surface area contributed by atoms with Gasteiger partial charge >= 0.3 is 0 Å². The Morgan fingerprint density at radius 1 is 1.61 bits per heavy atom. The first kappa shape index (κ1) is 15.2. The highest BCUT2D eigenvalue weighted by molar-refractivity contribution is 9.10. The summed E-state index contributed by atoms with van der Waals surface area (Å²) < 4.78 is 10.3. The average Bonchev–Trinajstić information content (AvgIpc) is 2.89. The van der Waals surface area contributed by atoms with E-state index in [-0.39, 0.29) is 10.7 Å². The first-order valence-corrected chi connectivity index (χ1v) is 7.04. The molecule has 1 aromatic rings. The monoisotopic (exact) mass is 317 g/mol. The predicted octanol–water partition coefficient (Wildman–Crippen LogP) is 2.82. The van der Waals surface area contributed by atoms with Gasteiger partial charge in [-0.3, -0.25) is 4.79 Å². The molecule has 0 radical (unpaired) electrons. The highest BCUT2D eigenvalue weighted by Gasteiger charge is 2.21. The van der Waals surface area contributed by atoms with E-state index in [9.17, 15) is 4.79 Å². The van der Waals surface area contributed by atoms with Gasteiger partial charge in [0.05, 0.1) is 17.6 Å². The van der Waals surface area contributed by atoms with Gasteiger partial charge in [0, 0.05) is 20.3 Å². The molecule has 0 aliphatic rings. The fourth-order valence-corrected chi connectivity index (χ4v) is 1.92. The lowest BCUT2D eigenvalue weighted by Gasteiger charge is -2.23. The molecule has 18 heavy (non-hydrogen) atoms. The van der Waals surface area contributed by atoms with Crippen molar-refractivity contribution in [3.63, 3.8) is 0 Å². The number of carbonyl (C=O) groups is 1. The Balaban J connectivity index is 2.59. The summed E-state index contributed by atoms with van der Waals surface area (Å²) in [4.78, 5) is 13.9. The zero-order valence-electron chi connectivity index (χ0n) is 10.9. The molecule has 1 rings (SSSR count). The number of hydrogen-bond acceptors (Lipinski definition) is 3. The quantitative estimate of drug-likeness (QED) is 0.547. The molecule has 0 fully saturated rings. The fourth-order valence-electron chi connectivity index (χ4n) is 1.63. The van der Waals surface area contributed by atoms with Crippen molar-refractivity contribution < 1.29 is 13.9 Å². The summed E-state index contributed by atoms with van der Waals surface area (Å²) in [5.41, 5.74) is 0. The van der Waals surface area contributed by atoms with Gasteiger partial charge in [0.25, 0.3) is 0 Å². The number of nitrogens with zero attached hydrogens (tertiary/aromatic N) is 1.